The molecule has 0 amide bonds. The van der Waals surface area contributed by atoms with Crippen LogP contribution < -0.4 is 0 Å². The first kappa shape index (κ1) is 14.1. The van der Waals surface area contributed by atoms with Crippen molar-refractivity contribution in [2.75, 3.05) is 0 Å². The maximum absolute atomic E-state index is 12.3. The van der Waals surface area contributed by atoms with Crippen LogP contribution in [0.4, 0.5) is 26.3 Å². The first-order valence-corrected chi connectivity index (χ1v) is 4.03. The van der Waals surface area contributed by atoms with Crippen molar-refractivity contribution in [3.8, 4) is 23.0 Å². The molecule has 0 aliphatic heterocycles. The molecule has 0 aliphatic carbocycles. The molecule has 0 atom stereocenters. The van der Waals surface area contributed by atoms with Gasteiger partial charge in [0.1, 0.15) is 16.9 Å². The van der Waals surface area contributed by atoms with E-state index < -0.39 is 46.5 Å². The zero-order valence-corrected chi connectivity index (χ0v) is 8.06. The largest absolute Gasteiger partial charge is 0.506 e. The zero-order chi connectivity index (χ0) is 14.5. The molecule has 0 heterocycles. The predicted molar refractivity (Wildman–Crippen MR) is 43.1 cm³/mol. The predicted octanol–water partition coefficient (Wildman–Crippen LogP) is 2.55. The van der Waals surface area contributed by atoms with Crippen LogP contribution in [-0.4, -0.2) is 20.4 Å². The van der Waals surface area contributed by atoms with Gasteiger partial charge in [0.25, 0.3) is 0 Å². The van der Waals surface area contributed by atoms with Gasteiger partial charge in [-0.3, -0.25) is 0 Å². The average molecular weight is 278 g/mol. The van der Waals surface area contributed by atoms with Gasteiger partial charge in [-0.1, -0.05) is 0 Å². The van der Waals surface area contributed by atoms with Gasteiger partial charge in [0, 0.05) is 0 Å². The summed E-state index contributed by atoms with van der Waals surface area (Å²) in [5, 5.41) is 35.3. The standard InChI is InChI=1S/C8H4F6O4/c9-7(10,11)1-3(15)2(8(12,13)14)5(17)6(18)4(1)16/h15-18H. The number of aromatic hydroxyl groups is 4. The minimum Gasteiger partial charge on any atom is -0.506 e. The van der Waals surface area contributed by atoms with Crippen molar-refractivity contribution < 1.29 is 46.8 Å². The number of hydrogen-bond donors (Lipinski definition) is 4. The summed E-state index contributed by atoms with van der Waals surface area (Å²) in [6, 6.07) is 0. The maximum atomic E-state index is 12.3. The highest BCUT2D eigenvalue weighted by Gasteiger charge is 2.47. The van der Waals surface area contributed by atoms with Crippen molar-refractivity contribution in [1.82, 2.24) is 0 Å². The van der Waals surface area contributed by atoms with Gasteiger partial charge in [0.05, 0.1) is 0 Å². The molecule has 4 nitrogen and oxygen atoms in total. The molecule has 18 heavy (non-hydrogen) atoms. The van der Waals surface area contributed by atoms with Gasteiger partial charge in [0.2, 0.25) is 5.75 Å². The number of alkyl halides is 6. The van der Waals surface area contributed by atoms with Crippen molar-refractivity contribution in [2.24, 2.45) is 0 Å². The van der Waals surface area contributed by atoms with Gasteiger partial charge in [-0.15, -0.1) is 0 Å². The Balaban J connectivity index is 3.83. The van der Waals surface area contributed by atoms with E-state index in [0.29, 0.717) is 0 Å². The lowest BCUT2D eigenvalue weighted by Gasteiger charge is -2.18. The van der Waals surface area contributed by atoms with E-state index in [4.69, 9.17) is 20.4 Å². The van der Waals surface area contributed by atoms with Crippen LogP contribution in [0.1, 0.15) is 11.1 Å². The Hall–Kier alpha value is -2.00. The van der Waals surface area contributed by atoms with Gasteiger partial charge in [-0.05, 0) is 0 Å². The quantitative estimate of drug-likeness (QED) is 0.334. The Labute approximate surface area is 94.3 Å². The van der Waals surface area contributed by atoms with Gasteiger partial charge in [0.15, 0.2) is 11.5 Å². The average Bonchev–Trinajstić information content (AvgIpc) is 2.09. The first-order valence-electron chi connectivity index (χ1n) is 4.03. The molecule has 0 fully saturated rings. The molecule has 1 rings (SSSR count). The molecular formula is C8H4F6O4. The Morgan fingerprint density at radius 1 is 0.500 bits per heavy atom. The Bertz CT molecular complexity index is 449. The van der Waals surface area contributed by atoms with Gasteiger partial charge >= 0.3 is 12.4 Å². The number of rotatable bonds is 0. The molecule has 0 unspecified atom stereocenters. The molecule has 0 aliphatic rings. The number of halogens is 6. The fraction of sp³-hybridized carbons (Fsp3) is 0.250. The van der Waals surface area contributed by atoms with Crippen LogP contribution in [0.5, 0.6) is 23.0 Å². The summed E-state index contributed by atoms with van der Waals surface area (Å²) in [6.45, 7) is 0. The second kappa shape index (κ2) is 3.75. The summed E-state index contributed by atoms with van der Waals surface area (Å²) < 4.78 is 73.9. The van der Waals surface area contributed by atoms with Crippen LogP contribution in [0.3, 0.4) is 0 Å². The van der Waals surface area contributed by atoms with Crippen molar-refractivity contribution >= 4 is 0 Å². The van der Waals surface area contributed by atoms with Crippen LogP contribution in [-0.2, 0) is 12.4 Å². The van der Waals surface area contributed by atoms with E-state index in [0.717, 1.165) is 0 Å². The smallest absolute Gasteiger partial charge is 0.423 e. The Morgan fingerprint density at radius 2 is 0.778 bits per heavy atom. The number of phenols is 4. The minimum atomic E-state index is -5.56. The fourth-order valence-corrected chi connectivity index (χ4v) is 1.24. The second-order valence-corrected chi connectivity index (χ2v) is 3.14. The molecule has 0 saturated heterocycles. The molecule has 4 N–H and O–H groups in total. The van der Waals surface area contributed by atoms with Crippen molar-refractivity contribution in [3.63, 3.8) is 0 Å². The van der Waals surface area contributed by atoms with E-state index in [1.807, 2.05) is 0 Å². The highest BCUT2D eigenvalue weighted by atomic mass is 19.4. The van der Waals surface area contributed by atoms with Crippen LogP contribution in [0.15, 0.2) is 0 Å². The molecule has 10 heteroatoms. The van der Waals surface area contributed by atoms with E-state index in [2.05, 4.69) is 0 Å². The number of hydrogen-bond acceptors (Lipinski definition) is 4. The number of benzene rings is 1. The summed E-state index contributed by atoms with van der Waals surface area (Å²) >= 11 is 0. The van der Waals surface area contributed by atoms with Gasteiger partial charge in [-0.25, -0.2) is 0 Å². The summed E-state index contributed by atoms with van der Waals surface area (Å²) in [4.78, 5) is 0. The highest BCUT2D eigenvalue weighted by Crippen LogP contribution is 2.56. The normalized spacial score (nSPS) is 12.8. The SMILES string of the molecule is Oc1c(O)c(C(F)(F)F)c(O)c(C(F)(F)F)c1O. The second-order valence-electron chi connectivity index (χ2n) is 3.14. The fourth-order valence-electron chi connectivity index (χ4n) is 1.24. The molecule has 0 saturated carbocycles. The van der Waals surface area contributed by atoms with E-state index in [-0.39, 0.29) is 0 Å². The van der Waals surface area contributed by atoms with Gasteiger partial charge in [-0.2, -0.15) is 26.3 Å². The van der Waals surface area contributed by atoms with Crippen molar-refractivity contribution in [2.45, 2.75) is 12.4 Å². The summed E-state index contributed by atoms with van der Waals surface area (Å²) in [5.74, 6) is -8.62. The van der Waals surface area contributed by atoms with Gasteiger partial charge < -0.3 is 20.4 Å². The van der Waals surface area contributed by atoms with Crippen LogP contribution in [0, 0.1) is 0 Å². The third kappa shape index (κ3) is 2.05. The summed E-state index contributed by atoms with van der Waals surface area (Å²) in [5.41, 5.74) is -4.96. The monoisotopic (exact) mass is 278 g/mol. The summed E-state index contributed by atoms with van der Waals surface area (Å²) in [6.07, 6.45) is -11.1. The molecule has 102 valence electrons. The Kier molecular flexibility index (Phi) is 2.93. The third-order valence-corrected chi connectivity index (χ3v) is 1.96. The molecule has 0 bridgehead atoms. The molecule has 0 spiro atoms. The minimum absolute atomic E-state index is 2.02. The first-order chi connectivity index (χ1) is 7.89. The van der Waals surface area contributed by atoms with E-state index in [1.165, 1.54) is 0 Å². The van der Waals surface area contributed by atoms with E-state index in [1.54, 1.807) is 0 Å². The van der Waals surface area contributed by atoms with Crippen LogP contribution in [0.2, 0.25) is 0 Å². The van der Waals surface area contributed by atoms with Crippen LogP contribution >= 0.6 is 0 Å². The van der Waals surface area contributed by atoms with Crippen molar-refractivity contribution in [1.29, 1.82) is 0 Å². The van der Waals surface area contributed by atoms with E-state index >= 15 is 0 Å². The van der Waals surface area contributed by atoms with Crippen molar-refractivity contribution in [3.05, 3.63) is 11.1 Å². The molecule has 0 aromatic heterocycles. The molecule has 1 aromatic carbocycles. The lowest BCUT2D eigenvalue weighted by molar-refractivity contribution is -0.147. The Morgan fingerprint density at radius 3 is 1.00 bits per heavy atom. The molecule has 1 aromatic rings. The molecule has 0 radical (unpaired) electrons. The number of phenolic OH excluding ortho intramolecular Hbond substituents is 4. The lowest BCUT2D eigenvalue weighted by atomic mass is 10.0. The third-order valence-electron chi connectivity index (χ3n) is 1.96. The molecular weight excluding hydrogens is 274 g/mol. The summed E-state index contributed by atoms with van der Waals surface area (Å²) in [7, 11) is 0. The topological polar surface area (TPSA) is 80.9 Å². The van der Waals surface area contributed by atoms with E-state index in [9.17, 15) is 26.3 Å². The lowest BCUT2D eigenvalue weighted by Crippen LogP contribution is -2.12. The van der Waals surface area contributed by atoms with Crippen LogP contribution in [0.25, 0.3) is 0 Å². The highest BCUT2D eigenvalue weighted by molar-refractivity contribution is 5.66. The maximum Gasteiger partial charge on any atom is 0.423 e. The zero-order valence-electron chi connectivity index (χ0n) is 8.06.